The highest BCUT2D eigenvalue weighted by Gasteiger charge is 2.18. The Labute approximate surface area is 105 Å². The van der Waals surface area contributed by atoms with Gasteiger partial charge in [0.2, 0.25) is 0 Å². The van der Waals surface area contributed by atoms with Crippen molar-refractivity contribution in [3.63, 3.8) is 0 Å². The molecule has 0 saturated carbocycles. The van der Waals surface area contributed by atoms with Crippen LogP contribution in [0.2, 0.25) is 0 Å². The summed E-state index contributed by atoms with van der Waals surface area (Å²) in [4.78, 5) is 13.8. The van der Waals surface area contributed by atoms with E-state index in [9.17, 15) is 4.79 Å². The molecule has 0 spiro atoms. The molecule has 0 saturated heterocycles. The van der Waals surface area contributed by atoms with Crippen molar-refractivity contribution >= 4 is 5.91 Å². The molecule has 0 aliphatic carbocycles. The van der Waals surface area contributed by atoms with Crippen LogP contribution in [-0.2, 0) is 6.54 Å². The molecule has 2 aromatic rings. The summed E-state index contributed by atoms with van der Waals surface area (Å²) >= 11 is 0. The molecule has 0 unspecified atom stereocenters. The summed E-state index contributed by atoms with van der Waals surface area (Å²) in [5.74, 6) is 2.04. The van der Waals surface area contributed by atoms with Crippen LogP contribution in [-0.4, -0.2) is 23.0 Å². The van der Waals surface area contributed by atoms with Gasteiger partial charge in [0.25, 0.3) is 5.91 Å². The summed E-state index contributed by atoms with van der Waals surface area (Å²) in [6.07, 6.45) is 0. The Morgan fingerprint density at radius 3 is 2.50 bits per heavy atom. The van der Waals surface area contributed by atoms with Gasteiger partial charge in [-0.15, -0.1) is 0 Å². The number of hydrogen-bond acceptors (Lipinski definition) is 4. The van der Waals surface area contributed by atoms with Gasteiger partial charge in [-0.1, -0.05) is 5.16 Å². The van der Waals surface area contributed by atoms with Crippen molar-refractivity contribution in [1.82, 2.24) is 10.1 Å². The molecule has 0 aliphatic heterocycles. The van der Waals surface area contributed by atoms with E-state index < -0.39 is 0 Å². The molecule has 0 fully saturated rings. The number of aryl methyl sites for hydroxylation is 3. The maximum Gasteiger partial charge on any atom is 0.257 e. The Hall–Kier alpha value is -2.04. The van der Waals surface area contributed by atoms with Crippen LogP contribution in [0.5, 0.6) is 0 Å². The first-order valence-corrected chi connectivity index (χ1v) is 5.72. The molecular weight excluding hydrogens is 232 g/mol. The van der Waals surface area contributed by atoms with Crippen LogP contribution in [0.4, 0.5) is 0 Å². The van der Waals surface area contributed by atoms with Crippen molar-refractivity contribution in [3.05, 3.63) is 40.7 Å². The summed E-state index contributed by atoms with van der Waals surface area (Å²) in [5.41, 5.74) is 1.33. The molecule has 0 radical (unpaired) electrons. The average molecular weight is 248 g/mol. The fourth-order valence-electron chi connectivity index (χ4n) is 1.86. The molecule has 0 bridgehead atoms. The van der Waals surface area contributed by atoms with E-state index in [0.29, 0.717) is 17.9 Å². The smallest absolute Gasteiger partial charge is 0.257 e. The molecule has 18 heavy (non-hydrogen) atoms. The van der Waals surface area contributed by atoms with E-state index in [-0.39, 0.29) is 5.91 Å². The first-order chi connectivity index (χ1) is 8.47. The number of nitrogens with zero attached hydrogens (tertiary/aromatic N) is 2. The fourth-order valence-corrected chi connectivity index (χ4v) is 1.86. The van der Waals surface area contributed by atoms with E-state index in [1.54, 1.807) is 24.9 Å². The lowest BCUT2D eigenvalue weighted by Crippen LogP contribution is -2.26. The molecule has 0 N–H and O–H groups in total. The molecule has 2 rings (SSSR count). The topological polar surface area (TPSA) is 59.5 Å². The molecule has 1 amide bonds. The first-order valence-electron chi connectivity index (χ1n) is 5.72. The molecule has 96 valence electrons. The van der Waals surface area contributed by atoms with Gasteiger partial charge >= 0.3 is 0 Å². The van der Waals surface area contributed by atoms with Gasteiger partial charge < -0.3 is 13.8 Å². The van der Waals surface area contributed by atoms with Gasteiger partial charge in [-0.3, -0.25) is 4.79 Å². The fraction of sp³-hybridized carbons (Fsp3) is 0.385. The van der Waals surface area contributed by atoms with Crippen LogP contribution >= 0.6 is 0 Å². The predicted octanol–water partition coefficient (Wildman–Crippen LogP) is 2.47. The lowest BCUT2D eigenvalue weighted by Gasteiger charge is -2.14. The van der Waals surface area contributed by atoms with E-state index in [1.165, 1.54) is 0 Å². The molecular formula is C13H16N2O3. The summed E-state index contributed by atoms with van der Waals surface area (Å²) in [5, 5.41) is 3.87. The number of aromatic nitrogens is 1. The monoisotopic (exact) mass is 248 g/mol. The molecule has 5 heteroatoms. The third-order valence-corrected chi connectivity index (χ3v) is 2.69. The Morgan fingerprint density at radius 2 is 2.00 bits per heavy atom. The number of rotatable bonds is 3. The number of hydrogen-bond donors (Lipinski definition) is 0. The van der Waals surface area contributed by atoms with Gasteiger partial charge in [0.1, 0.15) is 23.0 Å². The van der Waals surface area contributed by atoms with Crippen LogP contribution < -0.4 is 0 Å². The molecule has 5 nitrogen and oxygen atoms in total. The van der Waals surface area contributed by atoms with E-state index in [4.69, 9.17) is 8.94 Å². The maximum atomic E-state index is 12.2. The lowest BCUT2D eigenvalue weighted by molar-refractivity contribution is 0.0780. The van der Waals surface area contributed by atoms with E-state index in [0.717, 1.165) is 17.2 Å². The normalized spacial score (nSPS) is 10.7. The third kappa shape index (κ3) is 2.45. The van der Waals surface area contributed by atoms with Crippen LogP contribution in [0.25, 0.3) is 0 Å². The zero-order chi connectivity index (χ0) is 13.3. The largest absolute Gasteiger partial charge is 0.466 e. The second-order valence-electron chi connectivity index (χ2n) is 4.42. The maximum absolute atomic E-state index is 12.2. The molecule has 2 heterocycles. The van der Waals surface area contributed by atoms with Crippen molar-refractivity contribution in [1.29, 1.82) is 0 Å². The zero-order valence-corrected chi connectivity index (χ0v) is 11.0. The zero-order valence-electron chi connectivity index (χ0n) is 11.0. The molecule has 2 aromatic heterocycles. The van der Waals surface area contributed by atoms with Crippen molar-refractivity contribution in [2.75, 3.05) is 7.05 Å². The van der Waals surface area contributed by atoms with Crippen molar-refractivity contribution in [3.8, 4) is 0 Å². The summed E-state index contributed by atoms with van der Waals surface area (Å²) < 4.78 is 10.3. The quantitative estimate of drug-likeness (QED) is 0.837. The summed E-state index contributed by atoms with van der Waals surface area (Å²) in [6.45, 7) is 5.85. The number of furan rings is 1. The average Bonchev–Trinajstić information content (AvgIpc) is 2.84. The van der Waals surface area contributed by atoms with Gasteiger partial charge in [0, 0.05) is 13.1 Å². The minimum atomic E-state index is -0.0787. The van der Waals surface area contributed by atoms with Gasteiger partial charge in [0.05, 0.1) is 12.1 Å². The summed E-state index contributed by atoms with van der Waals surface area (Å²) in [6, 6.07) is 3.57. The third-order valence-electron chi connectivity index (χ3n) is 2.69. The highest BCUT2D eigenvalue weighted by Crippen LogP contribution is 2.16. The standard InChI is InChI=1S/C13H16N2O3/c1-8-6-12(10(3)17-8)13(16)15(4)7-11-5-9(2)18-14-11/h5-6H,7H2,1-4H3. The minimum absolute atomic E-state index is 0.0787. The highest BCUT2D eigenvalue weighted by molar-refractivity contribution is 5.95. The molecule has 0 aromatic carbocycles. The molecule has 0 aliphatic rings. The number of amides is 1. The Kier molecular flexibility index (Phi) is 3.23. The van der Waals surface area contributed by atoms with Crippen LogP contribution in [0.3, 0.4) is 0 Å². The van der Waals surface area contributed by atoms with Crippen molar-refractivity contribution in [2.45, 2.75) is 27.3 Å². The highest BCUT2D eigenvalue weighted by atomic mass is 16.5. The lowest BCUT2D eigenvalue weighted by atomic mass is 10.2. The Bertz CT molecular complexity index is 569. The second kappa shape index (κ2) is 4.68. The van der Waals surface area contributed by atoms with Crippen LogP contribution in [0.15, 0.2) is 21.1 Å². The van der Waals surface area contributed by atoms with Gasteiger partial charge in [-0.05, 0) is 26.8 Å². The van der Waals surface area contributed by atoms with Gasteiger partial charge in [-0.25, -0.2) is 0 Å². The van der Waals surface area contributed by atoms with E-state index in [1.807, 2.05) is 19.9 Å². The SMILES string of the molecule is Cc1cc(CN(C)C(=O)c2cc(C)oc2C)no1. The minimum Gasteiger partial charge on any atom is -0.466 e. The molecule has 0 atom stereocenters. The van der Waals surface area contributed by atoms with Crippen LogP contribution in [0, 0.1) is 20.8 Å². The first kappa shape index (κ1) is 12.4. The Balaban J connectivity index is 2.11. The van der Waals surface area contributed by atoms with E-state index >= 15 is 0 Å². The van der Waals surface area contributed by atoms with Gasteiger partial charge in [-0.2, -0.15) is 0 Å². The Morgan fingerprint density at radius 1 is 1.28 bits per heavy atom. The number of carbonyl (C=O) groups is 1. The predicted molar refractivity (Wildman–Crippen MR) is 65.2 cm³/mol. The van der Waals surface area contributed by atoms with Crippen LogP contribution in [0.1, 0.15) is 33.3 Å². The van der Waals surface area contributed by atoms with E-state index in [2.05, 4.69) is 5.16 Å². The van der Waals surface area contributed by atoms with Crippen molar-refractivity contribution < 1.29 is 13.7 Å². The second-order valence-corrected chi connectivity index (χ2v) is 4.42. The number of carbonyl (C=O) groups excluding carboxylic acids is 1. The van der Waals surface area contributed by atoms with Gasteiger partial charge in [0.15, 0.2) is 0 Å². The summed E-state index contributed by atoms with van der Waals surface area (Å²) in [7, 11) is 1.73. The van der Waals surface area contributed by atoms with Crippen molar-refractivity contribution in [2.24, 2.45) is 0 Å².